The fourth-order valence-electron chi connectivity index (χ4n) is 3.25. The fraction of sp³-hybridized carbons (Fsp3) is 0.368. The van der Waals surface area contributed by atoms with Crippen molar-refractivity contribution in [2.45, 2.75) is 33.1 Å². The summed E-state index contributed by atoms with van der Waals surface area (Å²) >= 11 is 0. The van der Waals surface area contributed by atoms with Crippen LogP contribution in [0.15, 0.2) is 53.6 Å². The first-order valence-corrected chi connectivity index (χ1v) is 7.42. The van der Waals surface area contributed by atoms with Gasteiger partial charge in [0.2, 0.25) is 0 Å². The molecule has 0 bridgehead atoms. The van der Waals surface area contributed by atoms with Crippen LogP contribution in [0.25, 0.3) is 6.08 Å². The number of allylic oxidation sites excluding steroid dienone is 5. The topological polar surface area (TPSA) is 0 Å². The van der Waals surface area contributed by atoms with Gasteiger partial charge in [0.1, 0.15) is 0 Å². The third-order valence-electron chi connectivity index (χ3n) is 4.37. The molecule has 19 heavy (non-hydrogen) atoms. The van der Waals surface area contributed by atoms with E-state index >= 15 is 0 Å². The van der Waals surface area contributed by atoms with E-state index in [2.05, 4.69) is 62.4 Å². The number of rotatable bonds is 1. The van der Waals surface area contributed by atoms with Crippen molar-refractivity contribution in [2.75, 3.05) is 0 Å². The summed E-state index contributed by atoms with van der Waals surface area (Å²) in [6.45, 7) is 4.71. The lowest BCUT2D eigenvalue weighted by molar-refractivity contribution is 0.442. The summed E-state index contributed by atoms with van der Waals surface area (Å²) in [7, 11) is 0. The summed E-state index contributed by atoms with van der Waals surface area (Å²) in [5, 5.41) is 0. The van der Waals surface area contributed by atoms with E-state index in [1.54, 1.807) is 5.57 Å². The Balaban J connectivity index is 2.10. The van der Waals surface area contributed by atoms with Crippen LogP contribution in [0.1, 0.15) is 37.8 Å². The first-order chi connectivity index (χ1) is 9.25. The average Bonchev–Trinajstić information content (AvgIpc) is 2.41. The zero-order chi connectivity index (χ0) is 13.2. The molecule has 0 fully saturated rings. The molecule has 0 saturated carbocycles. The molecule has 2 aliphatic rings. The van der Waals surface area contributed by atoms with Gasteiger partial charge in [-0.05, 0) is 53.4 Å². The molecule has 1 aromatic rings. The molecular weight excluding hydrogens is 228 g/mol. The van der Waals surface area contributed by atoms with Crippen molar-refractivity contribution in [3.05, 3.63) is 64.8 Å². The van der Waals surface area contributed by atoms with Gasteiger partial charge < -0.3 is 0 Å². The highest BCUT2D eigenvalue weighted by molar-refractivity contribution is 5.62. The number of benzene rings is 1. The molecule has 0 heterocycles. The Morgan fingerprint density at radius 1 is 1.00 bits per heavy atom. The lowest BCUT2D eigenvalue weighted by atomic mass is 9.76. The van der Waals surface area contributed by atoms with Gasteiger partial charge in [-0.25, -0.2) is 0 Å². The molecule has 0 aliphatic heterocycles. The smallest absolute Gasteiger partial charge is 0.00955 e. The van der Waals surface area contributed by atoms with Crippen molar-refractivity contribution in [3.63, 3.8) is 0 Å². The summed E-state index contributed by atoms with van der Waals surface area (Å²) in [5.41, 5.74) is 5.91. The van der Waals surface area contributed by atoms with E-state index in [1.165, 1.54) is 36.0 Å². The molecule has 1 atom stereocenters. The van der Waals surface area contributed by atoms with Crippen LogP contribution in [0.4, 0.5) is 0 Å². The van der Waals surface area contributed by atoms with Gasteiger partial charge in [-0.1, -0.05) is 62.4 Å². The van der Waals surface area contributed by atoms with Crippen molar-refractivity contribution in [1.29, 1.82) is 0 Å². The molecule has 0 amide bonds. The van der Waals surface area contributed by atoms with Gasteiger partial charge in [-0.3, -0.25) is 0 Å². The normalized spacial score (nSPS) is 23.6. The number of fused-ring (bicyclic) bond motifs is 2. The van der Waals surface area contributed by atoms with Gasteiger partial charge in [0.15, 0.2) is 0 Å². The second kappa shape index (κ2) is 5.21. The van der Waals surface area contributed by atoms with Crippen LogP contribution in [0.2, 0.25) is 0 Å². The van der Waals surface area contributed by atoms with Gasteiger partial charge in [-0.2, -0.15) is 0 Å². The van der Waals surface area contributed by atoms with Gasteiger partial charge in [0, 0.05) is 0 Å². The van der Waals surface area contributed by atoms with Crippen molar-refractivity contribution in [3.8, 4) is 0 Å². The highest BCUT2D eigenvalue weighted by Gasteiger charge is 2.23. The van der Waals surface area contributed by atoms with E-state index in [1.807, 2.05) is 0 Å². The maximum Gasteiger partial charge on any atom is -0.00955 e. The monoisotopic (exact) mass is 250 g/mol. The molecule has 0 saturated heterocycles. The SMILES string of the molecule is CC(C)C1Cc2ccccc2/C=C\C2=CCCC=C21. The molecule has 0 nitrogen and oxygen atoms in total. The van der Waals surface area contributed by atoms with Crippen LogP contribution in [0.5, 0.6) is 0 Å². The minimum absolute atomic E-state index is 0.651. The van der Waals surface area contributed by atoms with E-state index < -0.39 is 0 Å². The second-order valence-electron chi connectivity index (χ2n) is 5.98. The van der Waals surface area contributed by atoms with Crippen LogP contribution < -0.4 is 0 Å². The van der Waals surface area contributed by atoms with Crippen LogP contribution in [-0.2, 0) is 6.42 Å². The van der Waals surface area contributed by atoms with Gasteiger partial charge in [0.05, 0.1) is 0 Å². The van der Waals surface area contributed by atoms with E-state index in [0.717, 1.165) is 0 Å². The van der Waals surface area contributed by atoms with Crippen molar-refractivity contribution < 1.29 is 0 Å². The molecule has 0 spiro atoms. The molecule has 1 unspecified atom stereocenters. The van der Waals surface area contributed by atoms with E-state index in [9.17, 15) is 0 Å². The molecule has 0 N–H and O–H groups in total. The maximum atomic E-state index is 2.47. The van der Waals surface area contributed by atoms with E-state index in [-0.39, 0.29) is 0 Å². The summed E-state index contributed by atoms with van der Waals surface area (Å²) in [6, 6.07) is 8.83. The average molecular weight is 250 g/mol. The lowest BCUT2D eigenvalue weighted by Gasteiger charge is -2.29. The fourth-order valence-corrected chi connectivity index (χ4v) is 3.25. The number of hydrogen-bond acceptors (Lipinski definition) is 0. The van der Waals surface area contributed by atoms with Crippen LogP contribution in [-0.4, -0.2) is 0 Å². The first kappa shape index (κ1) is 12.5. The van der Waals surface area contributed by atoms with Gasteiger partial charge in [-0.15, -0.1) is 0 Å². The number of hydrogen-bond donors (Lipinski definition) is 0. The molecule has 1 aromatic carbocycles. The van der Waals surface area contributed by atoms with Crippen molar-refractivity contribution >= 4 is 6.08 Å². The Hall–Kier alpha value is -1.56. The summed E-state index contributed by atoms with van der Waals surface area (Å²) in [6.07, 6.45) is 13.1. The summed E-state index contributed by atoms with van der Waals surface area (Å²) in [4.78, 5) is 0. The Morgan fingerprint density at radius 3 is 2.63 bits per heavy atom. The summed E-state index contributed by atoms with van der Waals surface area (Å²) in [5.74, 6) is 1.34. The van der Waals surface area contributed by atoms with Crippen LogP contribution in [0, 0.1) is 11.8 Å². The highest BCUT2D eigenvalue weighted by Crippen LogP contribution is 2.36. The second-order valence-corrected chi connectivity index (χ2v) is 5.98. The third-order valence-corrected chi connectivity index (χ3v) is 4.37. The largest absolute Gasteiger partial charge is 0.0801 e. The maximum absolute atomic E-state index is 2.47. The Labute approximate surface area is 116 Å². The predicted molar refractivity (Wildman–Crippen MR) is 82.9 cm³/mol. The zero-order valence-corrected chi connectivity index (χ0v) is 11.9. The lowest BCUT2D eigenvalue weighted by Crippen LogP contribution is -2.18. The Kier molecular flexibility index (Phi) is 3.42. The Bertz CT molecular complexity index is 555. The molecule has 0 heteroatoms. The molecule has 2 aliphatic carbocycles. The molecule has 0 aromatic heterocycles. The van der Waals surface area contributed by atoms with E-state index in [4.69, 9.17) is 0 Å². The van der Waals surface area contributed by atoms with Gasteiger partial charge >= 0.3 is 0 Å². The molecular formula is C19H22. The molecule has 3 rings (SSSR count). The third kappa shape index (κ3) is 2.45. The summed E-state index contributed by atoms with van der Waals surface area (Å²) < 4.78 is 0. The minimum Gasteiger partial charge on any atom is -0.0801 e. The van der Waals surface area contributed by atoms with Crippen LogP contribution >= 0.6 is 0 Å². The standard InChI is InChI=1S/C19H22/c1-14(2)19-13-17-9-4-3-7-15(17)11-12-16-8-5-6-10-18(16)19/h3-4,7-12,14,19H,5-6,13H2,1-2H3/b12-11-. The van der Waals surface area contributed by atoms with E-state index in [0.29, 0.717) is 11.8 Å². The highest BCUT2D eigenvalue weighted by atomic mass is 14.3. The quantitative estimate of drug-likeness (QED) is 0.644. The van der Waals surface area contributed by atoms with Crippen molar-refractivity contribution in [2.24, 2.45) is 11.8 Å². The Morgan fingerprint density at radius 2 is 1.79 bits per heavy atom. The molecule has 98 valence electrons. The van der Waals surface area contributed by atoms with Crippen LogP contribution in [0.3, 0.4) is 0 Å². The minimum atomic E-state index is 0.651. The van der Waals surface area contributed by atoms with Crippen molar-refractivity contribution in [1.82, 2.24) is 0 Å². The zero-order valence-electron chi connectivity index (χ0n) is 11.9. The predicted octanol–water partition coefficient (Wildman–Crippen LogP) is 5.17. The molecule has 0 radical (unpaired) electrons. The first-order valence-electron chi connectivity index (χ1n) is 7.42. The van der Waals surface area contributed by atoms with Gasteiger partial charge in [0.25, 0.3) is 0 Å².